The molecule has 12 heteroatoms. The Morgan fingerprint density at radius 2 is 1.97 bits per heavy atom. The van der Waals surface area contributed by atoms with Gasteiger partial charge in [-0.05, 0) is 13.0 Å². The Morgan fingerprint density at radius 1 is 1.24 bits per heavy atom. The van der Waals surface area contributed by atoms with Gasteiger partial charge in [-0.1, -0.05) is 18.2 Å². The highest BCUT2D eigenvalue weighted by atomic mass is 16.8. The average Bonchev–Trinajstić information content (AvgIpc) is 2.91. The van der Waals surface area contributed by atoms with Crippen LogP contribution in [0.5, 0.6) is 0 Å². The number of nitrogens with one attached hydrogen (secondary N) is 1. The molecule has 0 bridgehead atoms. The molecule has 0 spiro atoms. The van der Waals surface area contributed by atoms with E-state index < -0.39 is 67.4 Å². The number of rotatable bonds is 9. The molecule has 5 N–H and O–H groups in total. The summed E-state index contributed by atoms with van der Waals surface area (Å²) in [7, 11) is 1.21. The summed E-state index contributed by atoms with van der Waals surface area (Å²) >= 11 is 0. The Kier molecular flexibility index (Phi) is 9.79. The van der Waals surface area contributed by atoms with Gasteiger partial charge in [0.05, 0.1) is 44.0 Å². The van der Waals surface area contributed by atoms with Gasteiger partial charge in [-0.3, -0.25) is 0 Å². The van der Waals surface area contributed by atoms with Crippen molar-refractivity contribution in [3.05, 3.63) is 60.1 Å². The zero-order valence-corrected chi connectivity index (χ0v) is 20.6. The number of methoxy groups -OCH3 is 1. The number of esters is 1. The highest BCUT2D eigenvalue weighted by Crippen LogP contribution is 2.36. The second kappa shape index (κ2) is 12.6. The molecule has 1 fully saturated rings. The van der Waals surface area contributed by atoms with Gasteiger partial charge < -0.3 is 54.2 Å². The lowest BCUT2D eigenvalue weighted by atomic mass is 9.83. The normalized spacial score (nSPS) is 36.2. The molecule has 3 rings (SSSR count). The first-order valence-electron chi connectivity index (χ1n) is 11.8. The smallest absolute Gasteiger partial charge is 0.337 e. The van der Waals surface area contributed by atoms with Gasteiger partial charge in [0.15, 0.2) is 6.29 Å². The van der Waals surface area contributed by atoms with Crippen molar-refractivity contribution in [2.45, 2.75) is 43.9 Å². The van der Waals surface area contributed by atoms with E-state index >= 15 is 0 Å². The summed E-state index contributed by atoms with van der Waals surface area (Å²) in [5.74, 6) is -3.37. The minimum Gasteiger partial charge on any atom is -0.545 e. The molecule has 0 saturated carbocycles. The summed E-state index contributed by atoms with van der Waals surface area (Å²) in [6.45, 7) is 6.02. The van der Waals surface area contributed by atoms with Crippen LogP contribution in [0.4, 0.5) is 0 Å². The van der Waals surface area contributed by atoms with Crippen LogP contribution in [0.25, 0.3) is 0 Å². The maximum Gasteiger partial charge on any atom is 0.337 e. The van der Waals surface area contributed by atoms with Crippen molar-refractivity contribution in [1.82, 2.24) is 0 Å². The van der Waals surface area contributed by atoms with E-state index in [1.54, 1.807) is 12.2 Å². The quantitative estimate of drug-likeness (QED) is 0.151. The average molecular weight is 524 g/mol. The number of carboxylic acid groups (broad SMARTS) is 1. The molecular formula is C25H33NO11. The number of allylic oxidation sites excluding steroid dienone is 4. The van der Waals surface area contributed by atoms with Crippen molar-refractivity contribution in [3.63, 3.8) is 0 Å². The number of carboxylic acids is 1. The fraction of sp³-hybridized carbons (Fsp3) is 0.520. The van der Waals surface area contributed by atoms with E-state index in [4.69, 9.17) is 18.9 Å². The van der Waals surface area contributed by atoms with E-state index in [1.165, 1.54) is 19.3 Å². The number of likely N-dealkylation sites (N-methyl/N-ethyl adjacent to an activating group) is 1. The standard InChI is InChI=1S/C25H33NO11/c1-4-15-16(7-6-13-8-14(22(31)32)10-26(5-2)9-13)17(23(33)34-3)12-35-24(15)37-25-21(30)20(29)19(28)18(11-27)36-25/h4,6-9,12,15-16,18-21,24-25,27-30H,1,5,10-11H2,2-3H3,(H,31,32)/b7-6+/t15-,16+,18-,19-,20+,21-,24+,25+/m1/s1. The maximum absolute atomic E-state index is 12.5. The van der Waals surface area contributed by atoms with Crippen LogP contribution in [0.1, 0.15) is 6.92 Å². The molecule has 0 aromatic heterocycles. The zero-order valence-electron chi connectivity index (χ0n) is 20.6. The first-order chi connectivity index (χ1) is 17.6. The number of hydrogen-bond acceptors (Lipinski definition) is 11. The van der Waals surface area contributed by atoms with Gasteiger partial charge in [-0.2, -0.15) is 0 Å². The minimum absolute atomic E-state index is 0.137. The lowest BCUT2D eigenvalue weighted by Gasteiger charge is -2.42. The second-order valence-corrected chi connectivity index (χ2v) is 8.89. The van der Waals surface area contributed by atoms with Crippen molar-refractivity contribution in [2.75, 3.05) is 26.8 Å². The van der Waals surface area contributed by atoms with Gasteiger partial charge in [0.1, 0.15) is 37.2 Å². The van der Waals surface area contributed by atoms with Crippen molar-refractivity contribution in [1.29, 1.82) is 0 Å². The maximum atomic E-state index is 12.5. The predicted molar refractivity (Wildman–Crippen MR) is 124 cm³/mol. The van der Waals surface area contributed by atoms with Crippen LogP contribution in [0.3, 0.4) is 0 Å². The molecule has 0 aliphatic carbocycles. The van der Waals surface area contributed by atoms with Gasteiger partial charge in [-0.25, -0.2) is 4.79 Å². The molecule has 37 heavy (non-hydrogen) atoms. The number of aliphatic hydroxyl groups excluding tert-OH is 4. The first-order valence-corrected chi connectivity index (χ1v) is 11.8. The number of aliphatic hydroxyl groups is 4. The van der Waals surface area contributed by atoms with E-state index in [1.807, 2.05) is 13.1 Å². The van der Waals surface area contributed by atoms with E-state index in [9.17, 15) is 35.1 Å². The zero-order chi connectivity index (χ0) is 27.3. The van der Waals surface area contributed by atoms with Gasteiger partial charge in [0.2, 0.25) is 6.29 Å². The Balaban J connectivity index is 1.89. The predicted octanol–water partition coefficient (Wildman–Crippen LogP) is -3.33. The first kappa shape index (κ1) is 28.7. The summed E-state index contributed by atoms with van der Waals surface area (Å²) in [5.41, 5.74) is 0.864. The molecule has 3 aliphatic rings. The van der Waals surface area contributed by atoms with Crippen LogP contribution in [-0.4, -0.2) is 96.2 Å². The number of carbonyl (C=O) groups is 2. The molecule has 3 aliphatic heterocycles. The molecule has 0 amide bonds. The molecule has 0 aromatic carbocycles. The summed E-state index contributed by atoms with van der Waals surface area (Å²) in [6, 6.07) is 0. The molecular weight excluding hydrogens is 490 g/mol. The third-order valence-corrected chi connectivity index (χ3v) is 6.57. The fourth-order valence-corrected chi connectivity index (χ4v) is 4.41. The van der Waals surface area contributed by atoms with Crippen molar-refractivity contribution >= 4 is 11.9 Å². The molecule has 204 valence electrons. The van der Waals surface area contributed by atoms with Crippen LogP contribution in [-0.2, 0) is 28.5 Å². The molecule has 9 atom stereocenters. The van der Waals surface area contributed by atoms with Crippen LogP contribution < -0.4 is 10.0 Å². The third kappa shape index (κ3) is 6.36. The number of ether oxygens (including phenoxy) is 4. The fourth-order valence-electron chi connectivity index (χ4n) is 4.41. The number of quaternary nitrogens is 1. The number of carbonyl (C=O) groups excluding carboxylic acids is 2. The molecule has 0 radical (unpaired) electrons. The van der Waals surface area contributed by atoms with Crippen LogP contribution in [0, 0.1) is 11.8 Å². The lowest BCUT2D eigenvalue weighted by Crippen LogP contribution is -3.08. The second-order valence-electron chi connectivity index (χ2n) is 8.89. The van der Waals surface area contributed by atoms with Gasteiger partial charge in [-0.15, -0.1) is 6.58 Å². The van der Waals surface area contributed by atoms with Crippen LogP contribution in [0.15, 0.2) is 60.1 Å². The van der Waals surface area contributed by atoms with Crippen molar-refractivity contribution in [2.24, 2.45) is 11.8 Å². The van der Waals surface area contributed by atoms with Gasteiger partial charge >= 0.3 is 5.97 Å². The largest absolute Gasteiger partial charge is 0.545 e. The molecule has 12 nitrogen and oxygen atoms in total. The van der Waals surface area contributed by atoms with E-state index in [-0.39, 0.29) is 17.7 Å². The Bertz CT molecular complexity index is 985. The molecule has 0 aromatic rings. The lowest BCUT2D eigenvalue weighted by molar-refractivity contribution is -0.840. The van der Waals surface area contributed by atoms with E-state index in [0.29, 0.717) is 12.1 Å². The Morgan fingerprint density at radius 3 is 2.57 bits per heavy atom. The molecule has 1 saturated heterocycles. The molecule has 1 unspecified atom stereocenters. The molecule has 3 heterocycles. The van der Waals surface area contributed by atoms with Gasteiger partial charge in [0, 0.05) is 17.1 Å². The van der Waals surface area contributed by atoms with E-state index in [0.717, 1.165) is 11.2 Å². The van der Waals surface area contributed by atoms with Crippen molar-refractivity contribution in [3.8, 4) is 0 Å². The van der Waals surface area contributed by atoms with Crippen molar-refractivity contribution < 1.29 is 59.0 Å². The Labute approximate surface area is 214 Å². The van der Waals surface area contributed by atoms with E-state index in [2.05, 4.69) is 6.58 Å². The van der Waals surface area contributed by atoms with Crippen LogP contribution >= 0.6 is 0 Å². The summed E-state index contributed by atoms with van der Waals surface area (Å²) < 4.78 is 21.7. The highest BCUT2D eigenvalue weighted by Gasteiger charge is 2.47. The summed E-state index contributed by atoms with van der Waals surface area (Å²) in [6.07, 6.45) is 0.617. The number of hydrogen-bond donors (Lipinski definition) is 5. The SMILES string of the molecule is C=C[C@H]1[C@H](O[C@@H]2O[C@H](CO)[C@@H](O)[C@H](O)[C@H]2O)OC=C(C(=O)OC)[C@H]1/C=C/C1=C[NH+](CC)CC(C(=O)[O-])=C1. The Hall–Kier alpha value is -2.84. The monoisotopic (exact) mass is 523 g/mol. The minimum atomic E-state index is -1.66. The third-order valence-electron chi connectivity index (χ3n) is 6.57. The number of aliphatic carboxylic acids is 1. The summed E-state index contributed by atoms with van der Waals surface area (Å²) in [4.78, 5) is 24.8. The van der Waals surface area contributed by atoms with Crippen LogP contribution in [0.2, 0.25) is 0 Å². The summed E-state index contributed by atoms with van der Waals surface area (Å²) in [5, 5.41) is 51.3. The van der Waals surface area contributed by atoms with Gasteiger partial charge in [0.25, 0.3) is 0 Å². The highest BCUT2D eigenvalue weighted by molar-refractivity contribution is 5.89. The topological polar surface area (TPSA) is 179 Å².